The summed E-state index contributed by atoms with van der Waals surface area (Å²) in [4.78, 5) is 21.5. The summed E-state index contributed by atoms with van der Waals surface area (Å²) in [6.07, 6.45) is 2.61. The quantitative estimate of drug-likeness (QED) is 0.615. The molecule has 1 saturated carbocycles. The summed E-state index contributed by atoms with van der Waals surface area (Å²) in [5.41, 5.74) is 4.02. The van der Waals surface area contributed by atoms with Crippen molar-refractivity contribution in [3.63, 3.8) is 0 Å². The SMILES string of the molecule is CC1=Nc2c(Nc3ccc([C@@H]4CCCO4)cc3S(C)(=O)=O)cc(CC(=O)[C@H]3CC3(F)F)nc2C1. The number of benzene rings is 1. The van der Waals surface area contributed by atoms with Crippen LogP contribution in [0.1, 0.15) is 49.2 Å². The van der Waals surface area contributed by atoms with E-state index < -0.39 is 33.9 Å². The van der Waals surface area contributed by atoms with Crippen molar-refractivity contribution >= 4 is 38.4 Å². The zero-order valence-electron chi connectivity index (χ0n) is 18.9. The zero-order chi connectivity index (χ0) is 24.3. The Labute approximate surface area is 196 Å². The third kappa shape index (κ3) is 4.48. The lowest BCUT2D eigenvalue weighted by Crippen LogP contribution is -2.12. The molecule has 1 N–H and O–H groups in total. The van der Waals surface area contributed by atoms with E-state index in [1.54, 1.807) is 18.2 Å². The molecule has 3 aliphatic rings. The number of aromatic nitrogens is 1. The van der Waals surface area contributed by atoms with Crippen molar-refractivity contribution in [3.8, 4) is 0 Å². The Kier molecular flexibility index (Phi) is 5.55. The molecule has 1 saturated heterocycles. The fourth-order valence-corrected chi connectivity index (χ4v) is 5.42. The number of ether oxygens (including phenoxy) is 1. The molecule has 1 aliphatic carbocycles. The van der Waals surface area contributed by atoms with E-state index in [9.17, 15) is 22.0 Å². The third-order valence-corrected chi connectivity index (χ3v) is 7.53. The van der Waals surface area contributed by atoms with E-state index in [0.29, 0.717) is 41.5 Å². The number of Topliss-reactive ketones (excluding diaryl/α,β-unsaturated/α-hetero) is 1. The molecule has 2 fully saturated rings. The lowest BCUT2D eigenvalue weighted by Gasteiger charge is -2.17. The normalized spacial score (nSPS) is 22.9. The van der Waals surface area contributed by atoms with Crippen LogP contribution in [-0.2, 0) is 32.2 Å². The van der Waals surface area contributed by atoms with Crippen molar-refractivity contribution < 1.29 is 26.7 Å². The molecule has 2 aliphatic heterocycles. The van der Waals surface area contributed by atoms with E-state index in [1.165, 1.54) is 0 Å². The van der Waals surface area contributed by atoms with Gasteiger partial charge in [-0.25, -0.2) is 17.2 Å². The van der Waals surface area contributed by atoms with Crippen LogP contribution in [0.3, 0.4) is 0 Å². The summed E-state index contributed by atoms with van der Waals surface area (Å²) in [5.74, 6) is -4.72. The van der Waals surface area contributed by atoms with Crippen LogP contribution in [0.2, 0.25) is 0 Å². The molecule has 0 bridgehead atoms. The summed E-state index contributed by atoms with van der Waals surface area (Å²) in [6, 6.07) is 6.76. The number of rotatable bonds is 7. The second-order valence-corrected chi connectivity index (χ2v) is 11.3. The number of halogens is 2. The molecule has 0 amide bonds. The molecular weight excluding hydrogens is 464 g/mol. The number of anilines is 2. The standard InChI is InChI=1S/C24H25F2N3O4S/c1-13-8-18-23(27-13)19(10-15(28-18)11-20(30)16-12-24(16,25)26)29-17-6-5-14(21-4-3-7-33-21)9-22(17)34(2,31)32/h5-6,9-10,16,21H,3-4,7-8,11-12H2,1-2H3,(H,28,29)/t16-,21+/m1/s1. The van der Waals surface area contributed by atoms with Crippen molar-refractivity contribution in [2.24, 2.45) is 10.9 Å². The molecular formula is C24H25F2N3O4S. The van der Waals surface area contributed by atoms with E-state index in [0.717, 1.165) is 30.4 Å². The van der Waals surface area contributed by atoms with Crippen LogP contribution in [0.15, 0.2) is 34.2 Å². The molecule has 2 atom stereocenters. The third-order valence-electron chi connectivity index (χ3n) is 6.39. The van der Waals surface area contributed by atoms with Gasteiger partial charge in [0, 0.05) is 37.8 Å². The number of hydrogen-bond acceptors (Lipinski definition) is 7. The first kappa shape index (κ1) is 23.0. The van der Waals surface area contributed by atoms with E-state index in [1.807, 2.05) is 13.0 Å². The van der Waals surface area contributed by atoms with Gasteiger partial charge in [-0.3, -0.25) is 14.8 Å². The van der Waals surface area contributed by atoms with Gasteiger partial charge in [-0.15, -0.1) is 0 Å². The Hall–Kier alpha value is -2.72. The highest BCUT2D eigenvalue weighted by Gasteiger charge is 2.60. The number of nitrogens with zero attached hydrogens (tertiary/aromatic N) is 2. The predicted octanol–water partition coefficient (Wildman–Crippen LogP) is 4.50. The van der Waals surface area contributed by atoms with Crippen LogP contribution in [0, 0.1) is 5.92 Å². The fourth-order valence-electron chi connectivity index (χ4n) is 4.55. The second-order valence-electron chi connectivity index (χ2n) is 9.30. The van der Waals surface area contributed by atoms with E-state index >= 15 is 0 Å². The highest BCUT2D eigenvalue weighted by atomic mass is 32.2. The van der Waals surface area contributed by atoms with Gasteiger partial charge in [-0.1, -0.05) is 6.07 Å². The summed E-state index contributed by atoms with van der Waals surface area (Å²) < 4.78 is 57.6. The summed E-state index contributed by atoms with van der Waals surface area (Å²) in [7, 11) is -3.58. The molecule has 180 valence electrons. The van der Waals surface area contributed by atoms with Crippen molar-refractivity contribution in [2.75, 3.05) is 18.2 Å². The van der Waals surface area contributed by atoms with Crippen molar-refractivity contribution in [3.05, 3.63) is 41.2 Å². The van der Waals surface area contributed by atoms with Crippen molar-refractivity contribution in [1.82, 2.24) is 4.98 Å². The van der Waals surface area contributed by atoms with Crippen molar-refractivity contribution in [1.29, 1.82) is 0 Å². The first-order valence-corrected chi connectivity index (χ1v) is 13.1. The number of carbonyl (C=O) groups is 1. The maximum absolute atomic E-state index is 13.4. The number of nitrogens with one attached hydrogen (secondary N) is 1. The number of ketones is 1. The average molecular weight is 490 g/mol. The van der Waals surface area contributed by atoms with Crippen LogP contribution in [-0.4, -0.2) is 43.7 Å². The van der Waals surface area contributed by atoms with Crippen LogP contribution < -0.4 is 5.32 Å². The Morgan fingerprint density at radius 1 is 1.26 bits per heavy atom. The molecule has 0 spiro atoms. The molecule has 1 aromatic carbocycles. The molecule has 2 aromatic rings. The number of hydrogen-bond donors (Lipinski definition) is 1. The Balaban J connectivity index is 1.50. The van der Waals surface area contributed by atoms with Crippen LogP contribution >= 0.6 is 0 Å². The highest BCUT2D eigenvalue weighted by molar-refractivity contribution is 7.90. The van der Waals surface area contributed by atoms with Crippen LogP contribution in [0.4, 0.5) is 25.8 Å². The van der Waals surface area contributed by atoms with E-state index in [2.05, 4.69) is 15.3 Å². The molecule has 7 nitrogen and oxygen atoms in total. The molecule has 0 radical (unpaired) electrons. The Morgan fingerprint density at radius 2 is 2.03 bits per heavy atom. The lowest BCUT2D eigenvalue weighted by molar-refractivity contribution is -0.121. The Bertz CT molecular complexity index is 1320. The van der Waals surface area contributed by atoms with Gasteiger partial charge in [0.25, 0.3) is 5.92 Å². The van der Waals surface area contributed by atoms with E-state index in [4.69, 9.17) is 4.74 Å². The maximum atomic E-state index is 13.4. The molecule has 34 heavy (non-hydrogen) atoms. The Morgan fingerprint density at radius 3 is 2.68 bits per heavy atom. The van der Waals surface area contributed by atoms with Gasteiger partial charge >= 0.3 is 0 Å². The van der Waals surface area contributed by atoms with Crippen LogP contribution in [0.25, 0.3) is 0 Å². The van der Waals surface area contributed by atoms with Gasteiger partial charge in [0.2, 0.25) is 0 Å². The fraction of sp³-hybridized carbons (Fsp3) is 0.458. The van der Waals surface area contributed by atoms with Gasteiger partial charge in [0.1, 0.15) is 11.5 Å². The van der Waals surface area contributed by atoms with E-state index in [-0.39, 0.29) is 17.4 Å². The number of alkyl halides is 2. The summed E-state index contributed by atoms with van der Waals surface area (Å²) >= 11 is 0. The largest absolute Gasteiger partial charge is 0.374 e. The van der Waals surface area contributed by atoms with Gasteiger partial charge in [-0.05, 0) is 43.5 Å². The lowest BCUT2D eigenvalue weighted by atomic mass is 10.1. The number of pyridine rings is 1. The number of sulfone groups is 1. The summed E-state index contributed by atoms with van der Waals surface area (Å²) in [6.45, 7) is 2.49. The van der Waals surface area contributed by atoms with Gasteiger partial charge in [0.05, 0.1) is 39.7 Å². The minimum Gasteiger partial charge on any atom is -0.374 e. The first-order chi connectivity index (χ1) is 16.0. The van der Waals surface area contributed by atoms with Gasteiger partial charge in [0.15, 0.2) is 9.84 Å². The maximum Gasteiger partial charge on any atom is 0.258 e. The molecule has 1 aromatic heterocycles. The topological polar surface area (TPSA) is 97.7 Å². The molecule has 5 rings (SSSR count). The summed E-state index contributed by atoms with van der Waals surface area (Å²) in [5, 5.41) is 3.17. The van der Waals surface area contributed by atoms with Gasteiger partial charge < -0.3 is 10.1 Å². The van der Waals surface area contributed by atoms with Crippen LogP contribution in [0.5, 0.6) is 0 Å². The predicted molar refractivity (Wildman–Crippen MR) is 123 cm³/mol. The minimum absolute atomic E-state index is 0.125. The van der Waals surface area contributed by atoms with Gasteiger partial charge in [-0.2, -0.15) is 0 Å². The highest BCUT2D eigenvalue weighted by Crippen LogP contribution is 2.49. The molecule has 0 unspecified atom stereocenters. The first-order valence-electron chi connectivity index (χ1n) is 11.2. The number of carbonyl (C=O) groups excluding carboxylic acids is 1. The minimum atomic E-state index is -3.58. The monoisotopic (exact) mass is 489 g/mol. The second kappa shape index (κ2) is 8.20. The zero-order valence-corrected chi connectivity index (χ0v) is 19.7. The number of fused-ring (bicyclic) bond motifs is 1. The average Bonchev–Trinajstić information content (AvgIpc) is 3.12. The van der Waals surface area contributed by atoms with Crippen molar-refractivity contribution in [2.45, 2.75) is 55.9 Å². The molecule has 10 heteroatoms. The smallest absolute Gasteiger partial charge is 0.258 e. The number of aliphatic imine (C=N–C) groups is 1. The molecule has 3 heterocycles.